The molecule has 0 radical (unpaired) electrons. The molecule has 0 fully saturated rings. The lowest BCUT2D eigenvalue weighted by Gasteiger charge is -2.29. The monoisotopic (exact) mass is 529 g/mol. The number of alkyl halides is 4. The lowest BCUT2D eigenvalue weighted by atomic mass is 9.78. The Balaban J connectivity index is 1.95. The van der Waals surface area contributed by atoms with Gasteiger partial charge in [0.25, 0.3) is 5.92 Å². The van der Waals surface area contributed by atoms with Gasteiger partial charge in [-0.15, -0.1) is 0 Å². The Morgan fingerprint density at radius 3 is 2.05 bits per heavy atom. The Labute approximate surface area is 217 Å². The Morgan fingerprint density at radius 1 is 0.921 bits per heavy atom. The van der Waals surface area contributed by atoms with Crippen molar-refractivity contribution in [1.29, 1.82) is 5.41 Å². The Hall–Kier alpha value is -4.21. The molecule has 0 aliphatic heterocycles. The summed E-state index contributed by atoms with van der Waals surface area (Å²) in [5, 5.41) is 13.4. The molecule has 0 aromatic heterocycles. The molecule has 10 heteroatoms. The molecule has 200 valence electrons. The molecule has 1 atom stereocenters. The largest absolute Gasteiger partial charge is 0.434 e. The van der Waals surface area contributed by atoms with Crippen LogP contribution >= 0.6 is 0 Å². The zero-order valence-corrected chi connectivity index (χ0v) is 20.9. The fourth-order valence-electron chi connectivity index (χ4n) is 4.03. The van der Waals surface area contributed by atoms with E-state index >= 15 is 0 Å². The summed E-state index contributed by atoms with van der Waals surface area (Å²) in [6, 6.07) is 17.6. The van der Waals surface area contributed by atoms with E-state index in [1.165, 1.54) is 43.3 Å². The number of rotatable bonds is 10. The van der Waals surface area contributed by atoms with Crippen molar-refractivity contribution in [1.82, 2.24) is 0 Å². The van der Waals surface area contributed by atoms with Gasteiger partial charge in [0.15, 0.2) is 5.41 Å². The zero-order valence-electron chi connectivity index (χ0n) is 20.9. The van der Waals surface area contributed by atoms with Crippen LogP contribution in [0.4, 0.5) is 28.9 Å². The maximum absolute atomic E-state index is 13.8. The second kappa shape index (κ2) is 11.5. The maximum Gasteiger partial charge on any atom is 0.387 e. The summed E-state index contributed by atoms with van der Waals surface area (Å²) in [5.41, 5.74) is -1.53. The zero-order chi connectivity index (χ0) is 28.1. The van der Waals surface area contributed by atoms with Gasteiger partial charge < -0.3 is 20.8 Å². The van der Waals surface area contributed by atoms with Crippen molar-refractivity contribution < 1.29 is 31.9 Å². The smallest absolute Gasteiger partial charge is 0.387 e. The first-order valence-corrected chi connectivity index (χ1v) is 11.7. The van der Waals surface area contributed by atoms with Crippen LogP contribution in [-0.4, -0.2) is 24.1 Å². The summed E-state index contributed by atoms with van der Waals surface area (Å²) < 4.78 is 58.1. The predicted octanol–water partition coefficient (Wildman–Crippen LogP) is 7.08. The van der Waals surface area contributed by atoms with Gasteiger partial charge in [0.2, 0.25) is 11.8 Å². The first kappa shape index (κ1) is 28.4. The second-order valence-corrected chi connectivity index (χ2v) is 8.72. The summed E-state index contributed by atoms with van der Waals surface area (Å²) in [6.07, 6.45) is -0.109. The van der Waals surface area contributed by atoms with Crippen LogP contribution in [-0.2, 0) is 15.5 Å². The number of amides is 2. The van der Waals surface area contributed by atoms with Crippen LogP contribution in [0.2, 0.25) is 0 Å². The van der Waals surface area contributed by atoms with E-state index in [2.05, 4.69) is 15.4 Å². The summed E-state index contributed by atoms with van der Waals surface area (Å²) in [7, 11) is 0. The topological polar surface area (TPSA) is 91.3 Å². The molecule has 0 saturated carbocycles. The predicted molar refractivity (Wildman–Crippen MR) is 138 cm³/mol. The lowest BCUT2D eigenvalue weighted by molar-refractivity contribution is -0.133. The van der Waals surface area contributed by atoms with Crippen molar-refractivity contribution in [3.05, 3.63) is 78.4 Å². The molecule has 3 aromatic carbocycles. The molecule has 0 aliphatic carbocycles. The van der Waals surface area contributed by atoms with Gasteiger partial charge in [-0.1, -0.05) is 49.4 Å². The molecule has 0 heterocycles. The fraction of sp³-hybridized carbons (Fsp3) is 0.250. The van der Waals surface area contributed by atoms with Crippen molar-refractivity contribution >= 4 is 28.9 Å². The summed E-state index contributed by atoms with van der Waals surface area (Å²) in [4.78, 5) is 26.9. The van der Waals surface area contributed by atoms with Crippen LogP contribution in [0.25, 0.3) is 11.1 Å². The molecule has 6 nitrogen and oxygen atoms in total. The molecular weight excluding hydrogens is 502 g/mol. The molecular formula is C28H27F4N3O3. The van der Waals surface area contributed by atoms with Crippen LogP contribution in [0, 0.1) is 10.8 Å². The van der Waals surface area contributed by atoms with Crippen LogP contribution < -0.4 is 15.4 Å². The van der Waals surface area contributed by atoms with Crippen molar-refractivity contribution in [2.24, 2.45) is 5.41 Å². The number of hydrogen-bond donors (Lipinski definition) is 3. The molecule has 2 amide bonds. The SMILES string of the molecule is CCC(C(C)=N)(C(=O)Nc1cccc(C(C)(F)F)c1)C(=O)Nc1ccc(OC(F)F)c(-c2ccccc2)c1. The molecule has 0 spiro atoms. The third kappa shape index (κ3) is 6.19. The van der Waals surface area contributed by atoms with Crippen molar-refractivity contribution in [2.75, 3.05) is 10.6 Å². The number of hydrogen-bond acceptors (Lipinski definition) is 4. The van der Waals surface area contributed by atoms with E-state index in [0.29, 0.717) is 5.56 Å². The number of halogens is 4. The van der Waals surface area contributed by atoms with E-state index in [1.807, 2.05) is 0 Å². The lowest BCUT2D eigenvalue weighted by Crippen LogP contribution is -2.50. The standard InChI is InChI=1S/C28H27F4N3O3/c1-4-28(17(2)33,24(36)34-20-12-8-11-19(15-20)27(3,31)32)25(37)35-21-13-14-23(38-26(29)30)22(16-21)18-9-6-5-7-10-18/h5-16,26,33H,4H2,1-3H3,(H,34,36)(H,35,37). The molecule has 0 saturated heterocycles. The van der Waals surface area contributed by atoms with E-state index in [4.69, 9.17) is 5.41 Å². The Morgan fingerprint density at radius 2 is 1.53 bits per heavy atom. The summed E-state index contributed by atoms with van der Waals surface area (Å²) in [5.74, 6) is -4.97. The number of benzene rings is 3. The van der Waals surface area contributed by atoms with Gasteiger partial charge in [-0.25, -0.2) is 8.78 Å². The van der Waals surface area contributed by atoms with Gasteiger partial charge >= 0.3 is 6.61 Å². The third-order valence-electron chi connectivity index (χ3n) is 6.11. The van der Waals surface area contributed by atoms with E-state index < -0.39 is 29.8 Å². The highest BCUT2D eigenvalue weighted by molar-refractivity contribution is 6.28. The highest BCUT2D eigenvalue weighted by atomic mass is 19.3. The van der Waals surface area contributed by atoms with E-state index in [9.17, 15) is 27.2 Å². The quantitative estimate of drug-likeness (QED) is 0.149. The first-order valence-electron chi connectivity index (χ1n) is 11.7. The van der Waals surface area contributed by atoms with Crippen molar-refractivity contribution in [3.63, 3.8) is 0 Å². The van der Waals surface area contributed by atoms with Gasteiger partial charge in [-0.05, 0) is 49.2 Å². The molecule has 3 rings (SSSR count). The number of ether oxygens (including phenoxy) is 1. The van der Waals surface area contributed by atoms with Crippen LogP contribution in [0.5, 0.6) is 5.75 Å². The number of anilines is 2. The van der Waals surface area contributed by atoms with Gasteiger partial charge in [0.05, 0.1) is 0 Å². The number of carbonyl (C=O) groups is 2. The first-order chi connectivity index (χ1) is 17.9. The van der Waals surface area contributed by atoms with Crippen LogP contribution in [0.1, 0.15) is 32.8 Å². The minimum absolute atomic E-state index is 0.0424. The van der Waals surface area contributed by atoms with Crippen LogP contribution in [0.3, 0.4) is 0 Å². The Kier molecular flexibility index (Phi) is 8.55. The number of carbonyl (C=O) groups excluding carboxylic acids is 2. The highest BCUT2D eigenvalue weighted by Crippen LogP contribution is 2.35. The second-order valence-electron chi connectivity index (χ2n) is 8.72. The van der Waals surface area contributed by atoms with Crippen molar-refractivity contribution in [3.8, 4) is 16.9 Å². The normalized spacial score (nSPS) is 12.9. The molecule has 38 heavy (non-hydrogen) atoms. The molecule has 0 bridgehead atoms. The minimum Gasteiger partial charge on any atom is -0.434 e. The number of nitrogens with one attached hydrogen (secondary N) is 3. The minimum atomic E-state index is -3.14. The highest BCUT2D eigenvalue weighted by Gasteiger charge is 2.47. The Bertz CT molecular complexity index is 1330. The van der Waals surface area contributed by atoms with Crippen molar-refractivity contribution in [2.45, 2.75) is 39.7 Å². The molecule has 3 aromatic rings. The van der Waals surface area contributed by atoms with Gasteiger partial charge in [0.1, 0.15) is 5.75 Å². The van der Waals surface area contributed by atoms with E-state index in [1.54, 1.807) is 37.3 Å². The average Bonchev–Trinajstić information content (AvgIpc) is 2.85. The van der Waals surface area contributed by atoms with Gasteiger partial charge in [0, 0.05) is 35.1 Å². The maximum atomic E-state index is 13.8. The van der Waals surface area contributed by atoms with Gasteiger partial charge in [-0.2, -0.15) is 8.78 Å². The molecule has 3 N–H and O–H groups in total. The van der Waals surface area contributed by atoms with Gasteiger partial charge in [-0.3, -0.25) is 9.59 Å². The fourth-order valence-corrected chi connectivity index (χ4v) is 4.03. The molecule has 0 aliphatic rings. The van der Waals surface area contributed by atoms with E-state index in [-0.39, 0.29) is 40.4 Å². The summed E-state index contributed by atoms with van der Waals surface area (Å²) >= 11 is 0. The average molecular weight is 530 g/mol. The van der Waals surface area contributed by atoms with E-state index in [0.717, 1.165) is 13.0 Å². The summed E-state index contributed by atoms with van der Waals surface area (Å²) in [6.45, 7) is 0.499. The van der Waals surface area contributed by atoms with Crippen LogP contribution in [0.15, 0.2) is 72.8 Å². The third-order valence-corrected chi connectivity index (χ3v) is 6.11. The molecule has 1 unspecified atom stereocenters.